The van der Waals surface area contributed by atoms with Crippen LogP contribution in [0, 0.1) is 5.92 Å². The number of rotatable bonds is 4. The molecule has 1 aliphatic rings. The lowest BCUT2D eigenvalue weighted by molar-refractivity contribution is -0.122. The minimum atomic E-state index is -0.783. The number of carbonyl (C=O) groups excluding carboxylic acids is 1. The molecule has 1 aliphatic carbocycles. The monoisotopic (exact) mass is 273 g/mol. The maximum atomic E-state index is 11.4. The molecule has 0 radical (unpaired) electrons. The molecule has 17 heavy (non-hydrogen) atoms. The lowest BCUT2D eigenvalue weighted by Gasteiger charge is -2.12. The quantitative estimate of drug-likeness (QED) is 0.886. The van der Waals surface area contributed by atoms with E-state index in [1.165, 1.54) is 0 Å². The van der Waals surface area contributed by atoms with Crippen LogP contribution >= 0.6 is 23.2 Å². The zero-order chi connectivity index (χ0) is 12.4. The van der Waals surface area contributed by atoms with Gasteiger partial charge in [-0.1, -0.05) is 23.2 Å². The van der Waals surface area contributed by atoms with Crippen molar-refractivity contribution in [3.63, 3.8) is 0 Å². The molecular weight excluding hydrogens is 261 g/mol. The van der Waals surface area contributed by atoms with Gasteiger partial charge in [-0.25, -0.2) is 0 Å². The number of aliphatic hydroxyl groups excluding tert-OH is 1. The number of amides is 1. The van der Waals surface area contributed by atoms with Gasteiger partial charge in [0.25, 0.3) is 0 Å². The minimum Gasteiger partial charge on any atom is -0.387 e. The molecular formula is C12H13Cl2NO2. The van der Waals surface area contributed by atoms with Gasteiger partial charge in [-0.05, 0) is 36.6 Å². The van der Waals surface area contributed by atoms with E-state index in [-0.39, 0.29) is 18.4 Å². The topological polar surface area (TPSA) is 49.3 Å². The van der Waals surface area contributed by atoms with Crippen molar-refractivity contribution in [2.75, 3.05) is 6.54 Å². The van der Waals surface area contributed by atoms with E-state index in [1.807, 2.05) is 0 Å². The summed E-state index contributed by atoms with van der Waals surface area (Å²) in [6, 6.07) is 4.88. The molecule has 1 amide bonds. The molecule has 3 nitrogen and oxygen atoms in total. The molecule has 2 N–H and O–H groups in total. The van der Waals surface area contributed by atoms with Crippen molar-refractivity contribution < 1.29 is 9.90 Å². The van der Waals surface area contributed by atoms with Gasteiger partial charge >= 0.3 is 0 Å². The van der Waals surface area contributed by atoms with Crippen LogP contribution in [-0.2, 0) is 4.79 Å². The van der Waals surface area contributed by atoms with Crippen molar-refractivity contribution in [1.29, 1.82) is 0 Å². The van der Waals surface area contributed by atoms with Crippen molar-refractivity contribution in [3.05, 3.63) is 33.8 Å². The van der Waals surface area contributed by atoms with Gasteiger partial charge in [0.05, 0.1) is 6.10 Å². The molecule has 92 valence electrons. The van der Waals surface area contributed by atoms with E-state index in [1.54, 1.807) is 18.2 Å². The van der Waals surface area contributed by atoms with E-state index in [4.69, 9.17) is 23.2 Å². The number of hydrogen-bond donors (Lipinski definition) is 2. The lowest BCUT2D eigenvalue weighted by atomic mass is 10.1. The average Bonchev–Trinajstić information content (AvgIpc) is 3.07. The summed E-state index contributed by atoms with van der Waals surface area (Å²) in [6.07, 6.45) is 1.12. The lowest BCUT2D eigenvalue weighted by Crippen LogP contribution is -2.29. The van der Waals surface area contributed by atoms with Crippen LogP contribution < -0.4 is 5.32 Å². The average molecular weight is 274 g/mol. The Bertz CT molecular complexity index is 412. The van der Waals surface area contributed by atoms with Crippen LogP contribution in [-0.4, -0.2) is 17.6 Å². The Kier molecular flexibility index (Phi) is 3.92. The fraction of sp³-hybridized carbons (Fsp3) is 0.417. The highest BCUT2D eigenvalue weighted by Crippen LogP contribution is 2.29. The maximum Gasteiger partial charge on any atom is 0.223 e. The minimum absolute atomic E-state index is 0.0113. The van der Waals surface area contributed by atoms with Crippen molar-refractivity contribution in [2.24, 2.45) is 5.92 Å². The number of halogens is 2. The third-order valence-corrected chi connectivity index (χ3v) is 3.12. The summed E-state index contributed by atoms with van der Waals surface area (Å²) in [5, 5.41) is 13.5. The van der Waals surface area contributed by atoms with Gasteiger partial charge in [-0.2, -0.15) is 0 Å². The third-order valence-electron chi connectivity index (χ3n) is 2.69. The van der Waals surface area contributed by atoms with Crippen LogP contribution in [0.1, 0.15) is 24.5 Å². The van der Waals surface area contributed by atoms with Crippen molar-refractivity contribution in [1.82, 2.24) is 5.32 Å². The van der Waals surface area contributed by atoms with E-state index in [2.05, 4.69) is 5.32 Å². The molecule has 0 spiro atoms. The molecule has 1 saturated carbocycles. The summed E-state index contributed by atoms with van der Waals surface area (Å²) in [7, 11) is 0. The maximum absolute atomic E-state index is 11.4. The SMILES string of the molecule is O=C(NC[C@@H](O)c1cc(Cl)cc(Cl)c1)C1CC1. The molecule has 0 saturated heterocycles. The molecule has 0 bridgehead atoms. The predicted octanol–water partition coefficient (Wildman–Crippen LogP) is 2.55. The van der Waals surface area contributed by atoms with Crippen LogP contribution in [0.25, 0.3) is 0 Å². The van der Waals surface area contributed by atoms with Crippen LogP contribution in [0.4, 0.5) is 0 Å². The summed E-state index contributed by atoms with van der Waals surface area (Å²) < 4.78 is 0. The van der Waals surface area contributed by atoms with Gasteiger partial charge in [0.2, 0.25) is 5.91 Å². The van der Waals surface area contributed by atoms with E-state index in [0.717, 1.165) is 12.8 Å². The van der Waals surface area contributed by atoms with Gasteiger partial charge in [-0.3, -0.25) is 4.79 Å². The Labute approximate surface area is 110 Å². The van der Waals surface area contributed by atoms with Crippen molar-refractivity contribution in [2.45, 2.75) is 18.9 Å². The van der Waals surface area contributed by atoms with Gasteiger partial charge in [-0.15, -0.1) is 0 Å². The van der Waals surface area contributed by atoms with Crippen molar-refractivity contribution >= 4 is 29.1 Å². The number of hydrogen-bond acceptors (Lipinski definition) is 2. The van der Waals surface area contributed by atoms with E-state index in [0.29, 0.717) is 15.6 Å². The molecule has 1 aromatic carbocycles. The Morgan fingerprint density at radius 2 is 1.94 bits per heavy atom. The number of aliphatic hydroxyl groups is 1. The summed E-state index contributed by atoms with van der Waals surface area (Å²) >= 11 is 11.7. The van der Waals surface area contributed by atoms with Crippen LogP contribution in [0.2, 0.25) is 10.0 Å². The first-order valence-corrected chi connectivity index (χ1v) is 6.23. The molecule has 1 fully saturated rings. The largest absolute Gasteiger partial charge is 0.387 e. The molecule has 0 heterocycles. The highest BCUT2D eigenvalue weighted by Gasteiger charge is 2.29. The Morgan fingerprint density at radius 1 is 1.35 bits per heavy atom. The molecule has 1 aromatic rings. The van der Waals surface area contributed by atoms with E-state index >= 15 is 0 Å². The first-order chi connectivity index (χ1) is 8.06. The van der Waals surface area contributed by atoms with Crippen LogP contribution in [0.5, 0.6) is 0 Å². The molecule has 0 aliphatic heterocycles. The number of nitrogens with one attached hydrogen (secondary N) is 1. The highest BCUT2D eigenvalue weighted by molar-refractivity contribution is 6.34. The van der Waals surface area contributed by atoms with Gasteiger partial charge < -0.3 is 10.4 Å². The molecule has 1 atom stereocenters. The summed E-state index contributed by atoms with van der Waals surface area (Å²) in [5.74, 6) is 0.155. The van der Waals surface area contributed by atoms with E-state index in [9.17, 15) is 9.90 Å². The van der Waals surface area contributed by atoms with Crippen LogP contribution in [0.15, 0.2) is 18.2 Å². The normalized spacial score (nSPS) is 16.6. The third kappa shape index (κ3) is 3.60. The second kappa shape index (κ2) is 5.25. The Balaban J connectivity index is 1.93. The number of carbonyl (C=O) groups is 1. The Hall–Kier alpha value is -0.770. The second-order valence-corrected chi connectivity index (χ2v) is 5.11. The zero-order valence-electron chi connectivity index (χ0n) is 9.12. The number of benzene rings is 1. The molecule has 2 rings (SSSR count). The first kappa shape index (κ1) is 12.7. The van der Waals surface area contributed by atoms with Gasteiger partial charge in [0.15, 0.2) is 0 Å². The van der Waals surface area contributed by atoms with Gasteiger partial charge in [0.1, 0.15) is 0 Å². The fourth-order valence-electron chi connectivity index (χ4n) is 1.57. The summed E-state index contributed by atoms with van der Waals surface area (Å²) in [6.45, 7) is 0.187. The fourth-order valence-corrected chi connectivity index (χ4v) is 2.12. The molecule has 5 heteroatoms. The molecule has 0 aromatic heterocycles. The van der Waals surface area contributed by atoms with Crippen LogP contribution in [0.3, 0.4) is 0 Å². The standard InChI is InChI=1S/C12H13Cl2NO2/c13-9-3-8(4-10(14)5-9)11(16)6-15-12(17)7-1-2-7/h3-5,7,11,16H,1-2,6H2,(H,15,17)/t11-/m1/s1. The zero-order valence-corrected chi connectivity index (χ0v) is 10.6. The van der Waals surface area contributed by atoms with Gasteiger partial charge in [0, 0.05) is 22.5 Å². The first-order valence-electron chi connectivity index (χ1n) is 5.48. The second-order valence-electron chi connectivity index (χ2n) is 4.24. The molecule has 0 unspecified atom stereocenters. The highest BCUT2D eigenvalue weighted by atomic mass is 35.5. The Morgan fingerprint density at radius 3 is 2.47 bits per heavy atom. The summed E-state index contributed by atoms with van der Waals surface area (Å²) in [4.78, 5) is 11.4. The van der Waals surface area contributed by atoms with E-state index < -0.39 is 6.10 Å². The summed E-state index contributed by atoms with van der Waals surface area (Å²) in [5.41, 5.74) is 0.610. The smallest absolute Gasteiger partial charge is 0.223 e. The van der Waals surface area contributed by atoms with Crippen molar-refractivity contribution in [3.8, 4) is 0 Å². The predicted molar refractivity (Wildman–Crippen MR) is 67.2 cm³/mol.